The molecule has 1 aliphatic rings. The fourth-order valence-corrected chi connectivity index (χ4v) is 2.95. The van der Waals surface area contributed by atoms with Gasteiger partial charge in [-0.05, 0) is 54.0 Å². The largest absolute Gasteiger partial charge is 0.490 e. The van der Waals surface area contributed by atoms with E-state index in [0.29, 0.717) is 6.10 Å². The van der Waals surface area contributed by atoms with E-state index >= 15 is 0 Å². The number of rotatable bonds is 2. The van der Waals surface area contributed by atoms with Gasteiger partial charge in [0.1, 0.15) is 16.5 Å². The minimum Gasteiger partial charge on any atom is -0.490 e. The van der Waals surface area contributed by atoms with Crippen LogP contribution in [0, 0.1) is 0 Å². The van der Waals surface area contributed by atoms with E-state index in [4.69, 9.17) is 4.74 Å². The first kappa shape index (κ1) is 12.0. The van der Waals surface area contributed by atoms with Gasteiger partial charge in [-0.3, -0.25) is 4.68 Å². The first-order valence-corrected chi connectivity index (χ1v) is 7.03. The molecule has 0 amide bonds. The molecule has 1 saturated heterocycles. The van der Waals surface area contributed by atoms with E-state index < -0.39 is 0 Å². The fraction of sp³-hybridized carbons (Fsp3) is 0.462. The van der Waals surface area contributed by atoms with Gasteiger partial charge < -0.3 is 10.1 Å². The smallest absolute Gasteiger partial charge is 0.135 e. The fourth-order valence-electron chi connectivity index (χ4n) is 2.37. The average Bonchev–Trinajstić information content (AvgIpc) is 2.66. The van der Waals surface area contributed by atoms with Crippen LogP contribution in [-0.4, -0.2) is 29.0 Å². The Morgan fingerprint density at radius 3 is 2.94 bits per heavy atom. The Hall–Kier alpha value is -1.07. The van der Waals surface area contributed by atoms with Gasteiger partial charge in [-0.25, -0.2) is 0 Å². The van der Waals surface area contributed by atoms with Crippen LogP contribution in [-0.2, 0) is 7.05 Å². The molecule has 0 unspecified atom stereocenters. The average molecular weight is 310 g/mol. The van der Waals surface area contributed by atoms with Gasteiger partial charge in [0.25, 0.3) is 0 Å². The molecule has 1 fully saturated rings. The van der Waals surface area contributed by atoms with E-state index in [0.717, 1.165) is 47.2 Å². The molecule has 2 aromatic rings. The Labute approximate surface area is 114 Å². The van der Waals surface area contributed by atoms with Gasteiger partial charge in [0.2, 0.25) is 0 Å². The molecule has 18 heavy (non-hydrogen) atoms. The molecule has 0 spiro atoms. The maximum absolute atomic E-state index is 6.03. The molecular weight excluding hydrogens is 294 g/mol. The molecule has 1 N–H and O–H groups in total. The molecule has 0 atom stereocenters. The van der Waals surface area contributed by atoms with Crippen LogP contribution in [0.15, 0.2) is 22.8 Å². The maximum Gasteiger partial charge on any atom is 0.135 e. The second-order valence-corrected chi connectivity index (χ2v) is 5.41. The lowest BCUT2D eigenvalue weighted by molar-refractivity contribution is 0.162. The van der Waals surface area contributed by atoms with Crippen molar-refractivity contribution in [2.75, 3.05) is 13.1 Å². The van der Waals surface area contributed by atoms with Crippen molar-refractivity contribution in [3.63, 3.8) is 0 Å². The lowest BCUT2D eigenvalue weighted by atomic mass is 10.1. The quantitative estimate of drug-likeness (QED) is 0.926. The van der Waals surface area contributed by atoms with Gasteiger partial charge in [-0.1, -0.05) is 0 Å². The van der Waals surface area contributed by atoms with Gasteiger partial charge >= 0.3 is 0 Å². The molecule has 0 radical (unpaired) electrons. The Balaban J connectivity index is 1.86. The molecule has 0 saturated carbocycles. The van der Waals surface area contributed by atoms with Crippen LogP contribution in [0.2, 0.25) is 0 Å². The van der Waals surface area contributed by atoms with Crippen LogP contribution in [0.3, 0.4) is 0 Å². The van der Waals surface area contributed by atoms with Crippen molar-refractivity contribution in [2.24, 2.45) is 7.05 Å². The third kappa shape index (κ3) is 2.24. The van der Waals surface area contributed by atoms with Crippen LogP contribution in [0.25, 0.3) is 10.9 Å². The molecule has 96 valence electrons. The van der Waals surface area contributed by atoms with Crippen LogP contribution >= 0.6 is 15.9 Å². The molecule has 0 aliphatic carbocycles. The van der Waals surface area contributed by atoms with E-state index in [1.807, 2.05) is 17.8 Å². The molecule has 5 heteroatoms. The summed E-state index contributed by atoms with van der Waals surface area (Å²) in [6.07, 6.45) is 2.49. The monoisotopic (exact) mass is 309 g/mol. The van der Waals surface area contributed by atoms with Gasteiger partial charge in [0, 0.05) is 18.5 Å². The van der Waals surface area contributed by atoms with Crippen molar-refractivity contribution in [1.29, 1.82) is 0 Å². The summed E-state index contributed by atoms with van der Waals surface area (Å²) in [6, 6.07) is 6.15. The summed E-state index contributed by atoms with van der Waals surface area (Å²) < 4.78 is 8.78. The van der Waals surface area contributed by atoms with E-state index in [1.165, 1.54) is 0 Å². The molecule has 1 aliphatic heterocycles. The van der Waals surface area contributed by atoms with Gasteiger partial charge in [0.05, 0.1) is 5.52 Å². The van der Waals surface area contributed by atoms with Crippen molar-refractivity contribution < 1.29 is 4.74 Å². The van der Waals surface area contributed by atoms with E-state index in [2.05, 4.69) is 38.5 Å². The zero-order valence-electron chi connectivity index (χ0n) is 10.3. The van der Waals surface area contributed by atoms with E-state index in [-0.39, 0.29) is 0 Å². The topological polar surface area (TPSA) is 39.1 Å². The zero-order chi connectivity index (χ0) is 12.5. The normalized spacial score (nSPS) is 17.2. The van der Waals surface area contributed by atoms with Gasteiger partial charge in [-0.2, -0.15) is 5.10 Å². The molecule has 1 aromatic heterocycles. The summed E-state index contributed by atoms with van der Waals surface area (Å²) in [5.41, 5.74) is 1.09. The second-order valence-electron chi connectivity index (χ2n) is 4.66. The van der Waals surface area contributed by atoms with E-state index in [1.54, 1.807) is 0 Å². The number of aromatic nitrogens is 2. The predicted octanol–water partition coefficient (Wildman–Crippen LogP) is 2.47. The number of aryl methyl sites for hydroxylation is 1. The summed E-state index contributed by atoms with van der Waals surface area (Å²) in [6.45, 7) is 2.09. The first-order valence-electron chi connectivity index (χ1n) is 6.23. The minimum atomic E-state index is 0.334. The number of fused-ring (bicyclic) bond motifs is 1. The molecule has 1 aromatic carbocycles. The summed E-state index contributed by atoms with van der Waals surface area (Å²) in [7, 11) is 1.95. The molecule has 0 bridgehead atoms. The maximum atomic E-state index is 6.03. The van der Waals surface area contributed by atoms with Gasteiger partial charge in [0.15, 0.2) is 0 Å². The number of benzene rings is 1. The van der Waals surface area contributed by atoms with E-state index in [9.17, 15) is 0 Å². The Bertz CT molecular complexity index is 561. The first-order chi connectivity index (χ1) is 8.74. The third-order valence-electron chi connectivity index (χ3n) is 3.37. The summed E-state index contributed by atoms with van der Waals surface area (Å²) in [4.78, 5) is 0. The van der Waals surface area contributed by atoms with Crippen LogP contribution in [0.4, 0.5) is 0 Å². The standard InChI is InChI=1S/C13H16BrN3O/c1-17-12-8-10(2-3-11(12)13(14)16-17)18-9-4-6-15-7-5-9/h2-3,8-9,15H,4-7H2,1H3. The zero-order valence-corrected chi connectivity index (χ0v) is 11.9. The molecule has 3 rings (SSSR count). The highest BCUT2D eigenvalue weighted by Crippen LogP contribution is 2.27. The highest BCUT2D eigenvalue weighted by atomic mass is 79.9. The second kappa shape index (κ2) is 4.90. The molecule has 4 nitrogen and oxygen atoms in total. The Morgan fingerprint density at radius 1 is 1.39 bits per heavy atom. The highest BCUT2D eigenvalue weighted by molar-refractivity contribution is 9.10. The van der Waals surface area contributed by atoms with Crippen molar-refractivity contribution in [3.8, 4) is 5.75 Å². The highest BCUT2D eigenvalue weighted by Gasteiger charge is 2.15. The lowest BCUT2D eigenvalue weighted by Crippen LogP contribution is -2.34. The number of hydrogen-bond donors (Lipinski definition) is 1. The Kier molecular flexibility index (Phi) is 3.26. The number of nitrogens with one attached hydrogen (secondary N) is 1. The van der Waals surface area contributed by atoms with Gasteiger partial charge in [-0.15, -0.1) is 0 Å². The summed E-state index contributed by atoms with van der Waals surface area (Å²) in [5.74, 6) is 0.935. The number of hydrogen-bond acceptors (Lipinski definition) is 3. The molecular formula is C13H16BrN3O. The minimum absolute atomic E-state index is 0.334. The number of piperidine rings is 1. The van der Waals surface area contributed by atoms with Crippen molar-refractivity contribution in [3.05, 3.63) is 22.8 Å². The van der Waals surface area contributed by atoms with Crippen LogP contribution in [0.1, 0.15) is 12.8 Å². The van der Waals surface area contributed by atoms with Crippen molar-refractivity contribution in [1.82, 2.24) is 15.1 Å². The number of halogens is 1. The number of ether oxygens (including phenoxy) is 1. The lowest BCUT2D eigenvalue weighted by Gasteiger charge is -2.23. The van der Waals surface area contributed by atoms with Crippen molar-refractivity contribution in [2.45, 2.75) is 18.9 Å². The third-order valence-corrected chi connectivity index (χ3v) is 3.95. The summed E-state index contributed by atoms with van der Waals surface area (Å²) >= 11 is 3.46. The SMILES string of the molecule is Cn1nc(Br)c2ccc(OC3CCNCC3)cc21. The van der Waals surface area contributed by atoms with Crippen LogP contribution in [0.5, 0.6) is 5.75 Å². The predicted molar refractivity (Wildman–Crippen MR) is 74.9 cm³/mol. The van der Waals surface area contributed by atoms with Crippen LogP contribution < -0.4 is 10.1 Å². The number of nitrogens with zero attached hydrogens (tertiary/aromatic N) is 2. The molecule has 2 heterocycles. The summed E-state index contributed by atoms with van der Waals surface area (Å²) in [5, 5.41) is 8.81. The Morgan fingerprint density at radius 2 is 2.17 bits per heavy atom. The van der Waals surface area contributed by atoms with Crippen molar-refractivity contribution >= 4 is 26.8 Å².